The molecule has 4 nitrogen and oxygen atoms in total. The molecule has 0 aliphatic carbocycles. The second kappa shape index (κ2) is 13.0. The molecular weight excluding hydrogens is 765 g/mol. The van der Waals surface area contributed by atoms with Gasteiger partial charge in [0.1, 0.15) is 5.65 Å². The highest BCUT2D eigenvalue weighted by Gasteiger charge is 2.22. The van der Waals surface area contributed by atoms with Crippen molar-refractivity contribution in [1.29, 1.82) is 0 Å². The average Bonchev–Trinajstić information content (AvgIpc) is 3.77. The maximum absolute atomic E-state index is 5.46. The van der Waals surface area contributed by atoms with E-state index in [9.17, 15) is 0 Å². The van der Waals surface area contributed by atoms with E-state index in [2.05, 4.69) is 186 Å². The van der Waals surface area contributed by atoms with Gasteiger partial charge >= 0.3 is 0 Å². The summed E-state index contributed by atoms with van der Waals surface area (Å²) < 4.78 is 2.34. The summed E-state index contributed by atoms with van der Waals surface area (Å²) in [7, 11) is 0. The monoisotopic (exact) mass is 798 g/mol. The number of imidazole rings is 1. The second-order valence-electron chi connectivity index (χ2n) is 16.7. The van der Waals surface area contributed by atoms with Gasteiger partial charge in [0.15, 0.2) is 0 Å². The Bertz CT molecular complexity index is 4280. The molecule has 63 heavy (non-hydrogen) atoms. The van der Waals surface area contributed by atoms with Crippen LogP contribution >= 0.6 is 0 Å². The summed E-state index contributed by atoms with van der Waals surface area (Å²) in [6.07, 6.45) is 3.69. The maximum atomic E-state index is 5.46. The van der Waals surface area contributed by atoms with E-state index in [1.54, 1.807) is 0 Å². The van der Waals surface area contributed by atoms with Crippen LogP contribution in [-0.4, -0.2) is 19.4 Å². The summed E-state index contributed by atoms with van der Waals surface area (Å²) in [6.45, 7) is 0. The standard InChI is InChI=1S/C59H34N4/c1-3-13-37-31-41(23-21-35(37)11-1)53-44-16-5-6-17-45(44)54(42-24-22-36-12-2-4-14-38(36)32-42)51-34-40(25-27-46(51)53)39-26-28-47-50(33-39)43-15-7-8-20-52(43)63-58-49-19-10-30-61-56(49)55-48(18-9-29-60-55)57(58)62-59(47)63/h1-34H. The zero-order valence-corrected chi connectivity index (χ0v) is 33.9. The fourth-order valence-corrected chi connectivity index (χ4v) is 10.5. The Hall–Kier alpha value is -8.47. The molecule has 0 radical (unpaired) electrons. The first-order valence-corrected chi connectivity index (χ1v) is 21.5. The first kappa shape index (κ1) is 34.3. The minimum absolute atomic E-state index is 0.871. The van der Waals surface area contributed by atoms with Gasteiger partial charge in [0.05, 0.1) is 27.6 Å². The molecular formula is C59H34N4. The Morgan fingerprint density at radius 1 is 0.302 bits per heavy atom. The van der Waals surface area contributed by atoms with Gasteiger partial charge < -0.3 is 0 Å². The number of para-hydroxylation sites is 1. The van der Waals surface area contributed by atoms with Crippen LogP contribution in [0.4, 0.5) is 0 Å². The lowest BCUT2D eigenvalue weighted by molar-refractivity contribution is 1.32. The molecule has 0 atom stereocenters. The minimum atomic E-state index is 0.871. The molecule has 0 unspecified atom stereocenters. The van der Waals surface area contributed by atoms with Gasteiger partial charge in [-0.15, -0.1) is 0 Å². The Labute approximate surface area is 361 Å². The van der Waals surface area contributed by atoms with Crippen LogP contribution in [0.15, 0.2) is 207 Å². The highest BCUT2D eigenvalue weighted by Crippen LogP contribution is 2.46. The van der Waals surface area contributed by atoms with E-state index in [0.29, 0.717) is 0 Å². The molecule has 4 heterocycles. The van der Waals surface area contributed by atoms with Gasteiger partial charge in [-0.25, -0.2) is 4.98 Å². The summed E-state index contributed by atoms with van der Waals surface area (Å²) in [5, 5.41) is 15.4. The number of pyridine rings is 3. The molecule has 0 aliphatic heterocycles. The van der Waals surface area contributed by atoms with E-state index in [-0.39, 0.29) is 0 Å². The highest BCUT2D eigenvalue weighted by atomic mass is 15.0. The molecule has 0 saturated heterocycles. The number of fused-ring (bicyclic) bond motifs is 17. The third kappa shape index (κ3) is 4.95. The van der Waals surface area contributed by atoms with Gasteiger partial charge in [0.25, 0.3) is 0 Å². The molecule has 0 spiro atoms. The predicted molar refractivity (Wildman–Crippen MR) is 265 cm³/mol. The van der Waals surface area contributed by atoms with E-state index in [0.717, 1.165) is 60.5 Å². The normalized spacial score (nSPS) is 12.1. The molecule has 0 aliphatic rings. The van der Waals surface area contributed by atoms with Gasteiger partial charge in [-0.2, -0.15) is 0 Å². The molecule has 290 valence electrons. The number of rotatable bonds is 3. The van der Waals surface area contributed by atoms with Crippen molar-refractivity contribution in [1.82, 2.24) is 19.4 Å². The number of nitrogens with zero attached hydrogens (tertiary/aromatic N) is 4. The van der Waals surface area contributed by atoms with E-state index in [4.69, 9.17) is 15.0 Å². The summed E-state index contributed by atoms with van der Waals surface area (Å²) in [5.74, 6) is 0. The zero-order chi connectivity index (χ0) is 41.2. The third-order valence-electron chi connectivity index (χ3n) is 13.4. The van der Waals surface area contributed by atoms with Crippen molar-refractivity contribution in [3.8, 4) is 33.4 Å². The van der Waals surface area contributed by atoms with Crippen LogP contribution in [-0.2, 0) is 0 Å². The maximum Gasteiger partial charge on any atom is 0.146 e. The van der Waals surface area contributed by atoms with E-state index in [1.165, 1.54) is 76.1 Å². The van der Waals surface area contributed by atoms with Crippen molar-refractivity contribution < 1.29 is 0 Å². The van der Waals surface area contributed by atoms with Gasteiger partial charge in [0, 0.05) is 33.9 Å². The zero-order valence-electron chi connectivity index (χ0n) is 33.9. The van der Waals surface area contributed by atoms with Crippen molar-refractivity contribution in [3.63, 3.8) is 0 Å². The topological polar surface area (TPSA) is 43.1 Å². The highest BCUT2D eigenvalue weighted by molar-refractivity contribution is 6.26. The van der Waals surface area contributed by atoms with Crippen molar-refractivity contribution in [2.45, 2.75) is 0 Å². The molecule has 14 rings (SSSR count). The smallest absolute Gasteiger partial charge is 0.146 e. The van der Waals surface area contributed by atoms with E-state index < -0.39 is 0 Å². The lowest BCUT2D eigenvalue weighted by atomic mass is 9.84. The third-order valence-corrected chi connectivity index (χ3v) is 13.4. The molecule has 14 aromatic rings. The number of aromatic nitrogens is 4. The molecule has 0 N–H and O–H groups in total. The Morgan fingerprint density at radius 2 is 0.794 bits per heavy atom. The van der Waals surface area contributed by atoms with Crippen LogP contribution < -0.4 is 0 Å². The number of hydrogen-bond acceptors (Lipinski definition) is 3. The molecule has 10 aromatic carbocycles. The van der Waals surface area contributed by atoms with E-state index >= 15 is 0 Å². The first-order chi connectivity index (χ1) is 31.2. The van der Waals surface area contributed by atoms with E-state index in [1.807, 2.05) is 24.5 Å². The largest absolute Gasteiger partial charge is 0.291 e. The Kier molecular flexibility index (Phi) is 7.08. The molecule has 0 saturated carbocycles. The van der Waals surface area contributed by atoms with Gasteiger partial charge in [-0.3, -0.25) is 14.4 Å². The van der Waals surface area contributed by atoms with Crippen LogP contribution in [0.2, 0.25) is 0 Å². The summed E-state index contributed by atoms with van der Waals surface area (Å²) in [6, 6.07) is 71.1. The van der Waals surface area contributed by atoms with Crippen molar-refractivity contribution >= 4 is 103 Å². The summed E-state index contributed by atoms with van der Waals surface area (Å²) in [5.41, 5.74) is 13.0. The van der Waals surface area contributed by atoms with Crippen molar-refractivity contribution in [2.75, 3.05) is 0 Å². The SMILES string of the molecule is c1ccc2cc(-c3c4ccccc4c(-c4ccc5ccccc5c4)c4cc(-c5ccc6c(c5)c5ccccc5n5c6nc6c7cccnc7c7ncccc7c65)ccc34)ccc2c1. The minimum Gasteiger partial charge on any atom is -0.291 e. The van der Waals surface area contributed by atoms with Gasteiger partial charge in [-0.05, 0) is 143 Å². The lowest BCUT2D eigenvalue weighted by Gasteiger charge is -2.19. The van der Waals surface area contributed by atoms with Crippen LogP contribution in [0, 0.1) is 0 Å². The molecule has 0 fully saturated rings. The van der Waals surface area contributed by atoms with Crippen LogP contribution in [0.5, 0.6) is 0 Å². The Morgan fingerprint density at radius 3 is 1.48 bits per heavy atom. The molecule has 4 heteroatoms. The molecule has 0 amide bonds. The number of hydrogen-bond donors (Lipinski definition) is 0. The average molecular weight is 799 g/mol. The van der Waals surface area contributed by atoms with Crippen molar-refractivity contribution in [2.24, 2.45) is 0 Å². The van der Waals surface area contributed by atoms with Crippen molar-refractivity contribution in [3.05, 3.63) is 207 Å². The summed E-state index contributed by atoms with van der Waals surface area (Å²) in [4.78, 5) is 15.1. The number of benzene rings is 10. The van der Waals surface area contributed by atoms with Crippen LogP contribution in [0.1, 0.15) is 0 Å². The predicted octanol–water partition coefficient (Wildman–Crippen LogP) is 15.5. The van der Waals surface area contributed by atoms with Crippen LogP contribution in [0.25, 0.3) is 137 Å². The quantitative estimate of drug-likeness (QED) is 0.132. The van der Waals surface area contributed by atoms with Gasteiger partial charge in [0.2, 0.25) is 0 Å². The fraction of sp³-hybridized carbons (Fsp3) is 0. The lowest BCUT2D eigenvalue weighted by Crippen LogP contribution is -1.94. The summed E-state index contributed by atoms with van der Waals surface area (Å²) >= 11 is 0. The van der Waals surface area contributed by atoms with Crippen LogP contribution in [0.3, 0.4) is 0 Å². The fourth-order valence-electron chi connectivity index (χ4n) is 10.5. The second-order valence-corrected chi connectivity index (χ2v) is 16.7. The van der Waals surface area contributed by atoms with Gasteiger partial charge in [-0.1, -0.05) is 133 Å². The Balaban J connectivity index is 1.06. The molecule has 4 aromatic heterocycles. The molecule has 0 bridgehead atoms. The first-order valence-electron chi connectivity index (χ1n) is 21.5.